The van der Waals surface area contributed by atoms with Crippen molar-refractivity contribution in [3.8, 4) is 0 Å². The van der Waals surface area contributed by atoms with Crippen molar-refractivity contribution >= 4 is 41.7 Å². The predicted molar refractivity (Wildman–Crippen MR) is 105 cm³/mol. The van der Waals surface area contributed by atoms with Gasteiger partial charge in [0.15, 0.2) is 5.96 Å². The number of rotatable bonds is 3. The molecule has 0 aromatic carbocycles. The summed E-state index contributed by atoms with van der Waals surface area (Å²) in [6.07, 6.45) is -3.29. The van der Waals surface area contributed by atoms with E-state index in [1.54, 1.807) is 7.05 Å². The minimum Gasteiger partial charge on any atom is -0.356 e. The number of hydrogen-bond acceptors (Lipinski definition) is 3. The molecule has 1 N–H and O–H groups in total. The average molecular weight is 480 g/mol. The minimum absolute atomic E-state index is 0. The zero-order valence-electron chi connectivity index (χ0n) is 14.5. The highest BCUT2D eigenvalue weighted by Gasteiger charge is 2.34. The van der Waals surface area contributed by atoms with Crippen LogP contribution in [-0.2, 0) is 0 Å². The third-order valence-corrected chi connectivity index (χ3v) is 5.56. The summed E-state index contributed by atoms with van der Waals surface area (Å²) in [5, 5.41) is 3.36. The fraction of sp³-hybridized carbons (Fsp3) is 0.933. The maximum absolute atomic E-state index is 12.4. The zero-order valence-corrected chi connectivity index (χ0v) is 17.7. The molecule has 0 aromatic rings. The van der Waals surface area contributed by atoms with Crippen LogP contribution in [0.5, 0.6) is 0 Å². The van der Waals surface area contributed by atoms with E-state index < -0.39 is 12.7 Å². The molecule has 0 radical (unpaired) electrons. The molecule has 24 heavy (non-hydrogen) atoms. The van der Waals surface area contributed by atoms with E-state index in [0.29, 0.717) is 19.6 Å². The van der Waals surface area contributed by atoms with Gasteiger partial charge in [0.2, 0.25) is 0 Å². The van der Waals surface area contributed by atoms with Crippen LogP contribution in [0.25, 0.3) is 0 Å². The normalized spacial score (nSPS) is 25.5. The van der Waals surface area contributed by atoms with E-state index in [-0.39, 0.29) is 34.6 Å². The number of thioether (sulfide) groups is 1. The number of guanidine groups is 1. The molecule has 2 aliphatic heterocycles. The molecule has 2 heterocycles. The molecule has 0 bridgehead atoms. The van der Waals surface area contributed by atoms with Gasteiger partial charge in [-0.1, -0.05) is 0 Å². The summed E-state index contributed by atoms with van der Waals surface area (Å²) >= 11 is 1.96. The Morgan fingerprint density at radius 2 is 2.04 bits per heavy atom. The summed E-state index contributed by atoms with van der Waals surface area (Å²) in [6, 6.07) is 0. The molecule has 1 atom stereocenters. The summed E-state index contributed by atoms with van der Waals surface area (Å²) < 4.78 is 37.5. The molecule has 2 saturated heterocycles. The van der Waals surface area contributed by atoms with Gasteiger partial charge in [-0.15, -0.1) is 24.0 Å². The number of alkyl halides is 3. The fourth-order valence-electron chi connectivity index (χ4n) is 3.24. The maximum atomic E-state index is 12.4. The maximum Gasteiger partial charge on any atom is 0.401 e. The van der Waals surface area contributed by atoms with E-state index in [2.05, 4.69) is 29.1 Å². The lowest BCUT2D eigenvalue weighted by Gasteiger charge is -2.39. The monoisotopic (exact) mass is 480 g/mol. The number of aliphatic imine (C=N–C) groups is 1. The van der Waals surface area contributed by atoms with Gasteiger partial charge >= 0.3 is 6.18 Å². The molecule has 0 spiro atoms. The Bertz CT molecular complexity index is 431. The summed E-state index contributed by atoms with van der Waals surface area (Å²) in [5.74, 6) is 2.19. The molecular weight excluding hydrogens is 452 g/mol. The highest BCUT2D eigenvalue weighted by molar-refractivity contribution is 14.0. The predicted octanol–water partition coefficient (Wildman–Crippen LogP) is 2.89. The standard InChI is InChI=1S/C15H27F3N4S.HI/c1-14(2)10-22(6-7-23-14)13(19-3)20-8-12-4-5-21(9-12)11-15(16,17)18;/h12H,4-11H2,1-3H3,(H,19,20);1H. The fourth-order valence-corrected chi connectivity index (χ4v) is 4.35. The van der Waals surface area contributed by atoms with E-state index in [4.69, 9.17) is 0 Å². The van der Waals surface area contributed by atoms with Crippen LogP contribution in [0.3, 0.4) is 0 Å². The molecule has 2 fully saturated rings. The molecule has 2 rings (SSSR count). The second-order valence-electron chi connectivity index (χ2n) is 6.96. The van der Waals surface area contributed by atoms with Crippen LogP contribution in [0, 0.1) is 5.92 Å². The number of halogens is 4. The third-order valence-electron chi connectivity index (χ3n) is 4.26. The molecule has 0 aromatic heterocycles. The van der Waals surface area contributed by atoms with Gasteiger partial charge in [-0.2, -0.15) is 24.9 Å². The Hall–Kier alpha value is 0.1000. The smallest absolute Gasteiger partial charge is 0.356 e. The lowest BCUT2D eigenvalue weighted by molar-refractivity contribution is -0.143. The molecule has 0 saturated carbocycles. The van der Waals surface area contributed by atoms with Gasteiger partial charge in [0.05, 0.1) is 6.54 Å². The second kappa shape index (κ2) is 9.16. The van der Waals surface area contributed by atoms with Crippen molar-refractivity contribution in [2.24, 2.45) is 10.9 Å². The Balaban J connectivity index is 0.00000288. The van der Waals surface area contributed by atoms with Gasteiger partial charge in [-0.3, -0.25) is 9.89 Å². The van der Waals surface area contributed by atoms with Crippen molar-refractivity contribution in [3.05, 3.63) is 0 Å². The van der Waals surface area contributed by atoms with Crippen molar-refractivity contribution in [2.45, 2.75) is 31.2 Å². The Morgan fingerprint density at radius 3 is 2.62 bits per heavy atom. The van der Waals surface area contributed by atoms with Crippen LogP contribution in [-0.4, -0.2) is 78.8 Å². The molecule has 0 aliphatic carbocycles. The highest BCUT2D eigenvalue weighted by atomic mass is 127. The van der Waals surface area contributed by atoms with Crippen molar-refractivity contribution in [3.63, 3.8) is 0 Å². The van der Waals surface area contributed by atoms with Gasteiger partial charge in [0, 0.05) is 43.7 Å². The lowest BCUT2D eigenvalue weighted by Crippen LogP contribution is -2.51. The molecule has 142 valence electrons. The van der Waals surface area contributed by atoms with E-state index in [1.165, 1.54) is 4.90 Å². The third kappa shape index (κ3) is 7.15. The summed E-state index contributed by atoms with van der Waals surface area (Å²) in [4.78, 5) is 8.09. The quantitative estimate of drug-likeness (QED) is 0.383. The molecule has 2 aliphatic rings. The molecule has 9 heteroatoms. The number of nitrogens with one attached hydrogen (secondary N) is 1. The largest absolute Gasteiger partial charge is 0.401 e. The van der Waals surface area contributed by atoms with Gasteiger partial charge in [-0.25, -0.2) is 0 Å². The lowest BCUT2D eigenvalue weighted by atomic mass is 10.1. The second-order valence-corrected chi connectivity index (χ2v) is 8.76. The van der Waals surface area contributed by atoms with Crippen LogP contribution >= 0.6 is 35.7 Å². The van der Waals surface area contributed by atoms with Crippen LogP contribution in [0.4, 0.5) is 13.2 Å². The first kappa shape index (κ1) is 22.1. The van der Waals surface area contributed by atoms with Crippen molar-refractivity contribution in [2.75, 3.05) is 52.1 Å². The van der Waals surface area contributed by atoms with Crippen molar-refractivity contribution in [1.29, 1.82) is 0 Å². The Morgan fingerprint density at radius 1 is 1.33 bits per heavy atom. The summed E-state index contributed by atoms with van der Waals surface area (Å²) in [5.41, 5.74) is 0. The van der Waals surface area contributed by atoms with Gasteiger partial charge < -0.3 is 10.2 Å². The number of likely N-dealkylation sites (tertiary alicyclic amines) is 1. The van der Waals surface area contributed by atoms with Crippen LogP contribution < -0.4 is 5.32 Å². The van der Waals surface area contributed by atoms with Crippen LogP contribution in [0.1, 0.15) is 20.3 Å². The van der Waals surface area contributed by atoms with Crippen molar-refractivity contribution in [1.82, 2.24) is 15.1 Å². The first-order chi connectivity index (χ1) is 10.7. The first-order valence-corrected chi connectivity index (χ1v) is 9.06. The van der Waals surface area contributed by atoms with Gasteiger partial charge in [0.25, 0.3) is 0 Å². The Kier molecular flexibility index (Phi) is 8.45. The minimum atomic E-state index is -4.10. The zero-order chi connectivity index (χ0) is 17.1. The molecule has 4 nitrogen and oxygen atoms in total. The highest BCUT2D eigenvalue weighted by Crippen LogP contribution is 2.29. The topological polar surface area (TPSA) is 30.9 Å². The molecular formula is C15H28F3IN4S. The van der Waals surface area contributed by atoms with Crippen LogP contribution in [0.2, 0.25) is 0 Å². The summed E-state index contributed by atoms with van der Waals surface area (Å²) in [7, 11) is 1.77. The Labute approximate surface area is 164 Å². The van der Waals surface area contributed by atoms with Crippen LogP contribution in [0.15, 0.2) is 4.99 Å². The number of hydrogen-bond donors (Lipinski definition) is 1. The van der Waals surface area contributed by atoms with Crippen molar-refractivity contribution < 1.29 is 13.2 Å². The van der Waals surface area contributed by atoms with E-state index >= 15 is 0 Å². The molecule has 1 unspecified atom stereocenters. The van der Waals surface area contributed by atoms with Gasteiger partial charge in [-0.05, 0) is 32.7 Å². The van der Waals surface area contributed by atoms with E-state index in [0.717, 1.165) is 31.2 Å². The van der Waals surface area contributed by atoms with Gasteiger partial charge in [0.1, 0.15) is 0 Å². The van der Waals surface area contributed by atoms with E-state index in [9.17, 15) is 13.2 Å². The summed E-state index contributed by atoms with van der Waals surface area (Å²) in [6.45, 7) is 7.26. The SMILES string of the molecule is CN=C(NCC1CCN(CC(F)(F)F)C1)N1CCSC(C)(C)C1.I. The van der Waals surface area contributed by atoms with E-state index in [1.807, 2.05) is 11.8 Å². The number of nitrogens with zero attached hydrogens (tertiary/aromatic N) is 3. The molecule has 0 amide bonds. The average Bonchev–Trinajstić information content (AvgIpc) is 2.83. The first-order valence-electron chi connectivity index (χ1n) is 8.07.